The summed E-state index contributed by atoms with van der Waals surface area (Å²) in [6.07, 6.45) is 4.07. The van der Waals surface area contributed by atoms with Crippen LogP contribution in [0.25, 0.3) is 10.9 Å². The molecule has 2 amide bonds. The van der Waals surface area contributed by atoms with Crippen molar-refractivity contribution in [2.45, 2.75) is 32.0 Å². The number of nitrogens with one attached hydrogen (secondary N) is 2. The Morgan fingerprint density at radius 2 is 1.73 bits per heavy atom. The Balaban J connectivity index is 1.32. The van der Waals surface area contributed by atoms with Crippen molar-refractivity contribution >= 4 is 40.5 Å². The Bertz CT molecular complexity index is 1490. The van der Waals surface area contributed by atoms with Gasteiger partial charge in [-0.05, 0) is 31.0 Å². The van der Waals surface area contributed by atoms with Crippen molar-refractivity contribution in [3.8, 4) is 0 Å². The van der Waals surface area contributed by atoms with Crippen LogP contribution in [0.15, 0.2) is 79.3 Å². The molecule has 1 aliphatic heterocycles. The minimum atomic E-state index is -0.821. The number of carbonyl (C=O) groups is 3. The summed E-state index contributed by atoms with van der Waals surface area (Å²) in [7, 11) is 0. The van der Waals surface area contributed by atoms with Gasteiger partial charge >= 0.3 is 12.1 Å². The highest BCUT2D eigenvalue weighted by Gasteiger charge is 2.41. The van der Waals surface area contributed by atoms with E-state index < -0.39 is 18.1 Å². The molecule has 11 heteroatoms. The van der Waals surface area contributed by atoms with Crippen molar-refractivity contribution in [2.24, 2.45) is 0 Å². The van der Waals surface area contributed by atoms with Crippen LogP contribution in [0.4, 0.5) is 16.4 Å². The molecule has 2 aromatic heterocycles. The average molecular weight is 541 g/mol. The number of carbonyl (C=O) groups excluding carboxylic acids is 3. The second-order valence-electron chi connectivity index (χ2n) is 9.17. The van der Waals surface area contributed by atoms with Gasteiger partial charge in [-0.15, -0.1) is 0 Å². The molecule has 11 nitrogen and oxygen atoms in total. The third-order valence-corrected chi connectivity index (χ3v) is 6.43. The molecule has 2 aromatic carbocycles. The second-order valence-corrected chi connectivity index (χ2v) is 9.17. The first-order chi connectivity index (χ1) is 19.5. The minimum absolute atomic E-state index is 0.0777. The number of nitrogens with zero attached hydrogens (tertiary/aromatic N) is 4. The van der Waals surface area contributed by atoms with Gasteiger partial charge < -0.3 is 20.1 Å². The molecule has 40 heavy (non-hydrogen) atoms. The summed E-state index contributed by atoms with van der Waals surface area (Å²) in [4.78, 5) is 52.8. The van der Waals surface area contributed by atoms with Gasteiger partial charge in [0.25, 0.3) is 0 Å². The zero-order valence-electron chi connectivity index (χ0n) is 21.8. The Labute approximate surface area is 230 Å². The summed E-state index contributed by atoms with van der Waals surface area (Å²) in [5.41, 5.74) is 2.27. The van der Waals surface area contributed by atoms with Crippen LogP contribution >= 0.6 is 0 Å². The first-order valence-electron chi connectivity index (χ1n) is 12.9. The molecule has 0 saturated carbocycles. The monoisotopic (exact) mass is 540 g/mol. The highest BCUT2D eigenvalue weighted by Crippen LogP contribution is 2.26. The lowest BCUT2D eigenvalue weighted by molar-refractivity contribution is -0.120. The maximum Gasteiger partial charge on any atom is 0.410 e. The molecule has 0 spiro atoms. The van der Waals surface area contributed by atoms with E-state index in [4.69, 9.17) is 9.47 Å². The first kappa shape index (κ1) is 26.5. The van der Waals surface area contributed by atoms with Crippen molar-refractivity contribution < 1.29 is 23.9 Å². The Morgan fingerprint density at radius 1 is 0.950 bits per heavy atom. The SMILES string of the molecule is CCOC(=O)c1cnc(N[C@H]2C[C@@H](C(=O)Nc3cccc4cccnc34)N(C(=O)OCc3ccccc3)C2)nc1. The zero-order valence-corrected chi connectivity index (χ0v) is 21.8. The van der Waals surface area contributed by atoms with Crippen molar-refractivity contribution in [1.82, 2.24) is 19.9 Å². The predicted octanol–water partition coefficient (Wildman–Crippen LogP) is 4.03. The van der Waals surface area contributed by atoms with Crippen LogP contribution in [0.5, 0.6) is 0 Å². The van der Waals surface area contributed by atoms with E-state index in [1.54, 1.807) is 19.2 Å². The third-order valence-electron chi connectivity index (χ3n) is 6.43. The van der Waals surface area contributed by atoms with E-state index in [9.17, 15) is 14.4 Å². The quantitative estimate of drug-likeness (QED) is 0.318. The second kappa shape index (κ2) is 12.2. The lowest BCUT2D eigenvalue weighted by atomic mass is 10.1. The van der Waals surface area contributed by atoms with Gasteiger partial charge in [0.2, 0.25) is 11.9 Å². The van der Waals surface area contributed by atoms with Gasteiger partial charge in [0.05, 0.1) is 23.4 Å². The van der Waals surface area contributed by atoms with Gasteiger partial charge in [0, 0.05) is 36.6 Å². The van der Waals surface area contributed by atoms with Gasteiger partial charge in [0.15, 0.2) is 0 Å². The van der Waals surface area contributed by atoms with E-state index in [1.165, 1.54) is 17.3 Å². The van der Waals surface area contributed by atoms with Gasteiger partial charge in [-0.25, -0.2) is 19.6 Å². The number of pyridine rings is 1. The number of ether oxygens (including phenoxy) is 2. The molecule has 4 aromatic rings. The molecule has 5 rings (SSSR count). The fourth-order valence-corrected chi connectivity index (χ4v) is 4.52. The van der Waals surface area contributed by atoms with Gasteiger partial charge in [-0.3, -0.25) is 14.7 Å². The number of hydrogen-bond acceptors (Lipinski definition) is 9. The summed E-state index contributed by atoms with van der Waals surface area (Å²) in [6.45, 7) is 2.22. The van der Waals surface area contributed by atoms with Crippen LogP contribution < -0.4 is 10.6 Å². The molecular formula is C29H28N6O5. The first-order valence-corrected chi connectivity index (χ1v) is 12.9. The lowest BCUT2D eigenvalue weighted by Gasteiger charge is -2.23. The smallest absolute Gasteiger partial charge is 0.410 e. The molecule has 1 aliphatic rings. The largest absolute Gasteiger partial charge is 0.462 e. The van der Waals surface area contributed by atoms with Crippen LogP contribution in [0.3, 0.4) is 0 Å². The number of anilines is 2. The molecule has 0 unspecified atom stereocenters. The van der Waals surface area contributed by atoms with Crippen molar-refractivity contribution in [3.05, 3.63) is 90.4 Å². The fourth-order valence-electron chi connectivity index (χ4n) is 4.52. The van der Waals surface area contributed by atoms with E-state index in [2.05, 4.69) is 25.6 Å². The minimum Gasteiger partial charge on any atom is -0.462 e. The van der Waals surface area contributed by atoms with Crippen LogP contribution in [0, 0.1) is 0 Å². The summed E-state index contributed by atoms with van der Waals surface area (Å²) in [6, 6.07) is 17.4. The van der Waals surface area contributed by atoms with E-state index in [1.807, 2.05) is 54.6 Å². The molecule has 0 aliphatic carbocycles. The van der Waals surface area contributed by atoms with Gasteiger partial charge in [-0.1, -0.05) is 48.5 Å². The Morgan fingerprint density at radius 3 is 2.50 bits per heavy atom. The normalized spacial score (nSPS) is 16.4. The number of rotatable bonds is 8. The number of esters is 1. The van der Waals surface area contributed by atoms with E-state index in [-0.39, 0.29) is 49.6 Å². The van der Waals surface area contributed by atoms with Crippen molar-refractivity contribution in [3.63, 3.8) is 0 Å². The molecule has 3 heterocycles. The highest BCUT2D eigenvalue weighted by atomic mass is 16.6. The molecule has 1 fully saturated rings. The van der Waals surface area contributed by atoms with Crippen molar-refractivity contribution in [2.75, 3.05) is 23.8 Å². The predicted molar refractivity (Wildman–Crippen MR) is 148 cm³/mol. The topological polar surface area (TPSA) is 136 Å². The molecule has 0 bridgehead atoms. The van der Waals surface area contributed by atoms with E-state index in [0.717, 1.165) is 10.9 Å². The summed E-state index contributed by atoms with van der Waals surface area (Å²) >= 11 is 0. The zero-order chi connectivity index (χ0) is 27.9. The maximum atomic E-state index is 13.5. The van der Waals surface area contributed by atoms with Gasteiger partial charge in [-0.2, -0.15) is 0 Å². The molecule has 2 N–H and O–H groups in total. The number of fused-ring (bicyclic) bond motifs is 1. The van der Waals surface area contributed by atoms with Crippen LogP contribution in [0.2, 0.25) is 0 Å². The molecular weight excluding hydrogens is 512 g/mol. The summed E-state index contributed by atoms with van der Waals surface area (Å²) in [5, 5.41) is 6.98. The molecule has 0 radical (unpaired) electrons. The summed E-state index contributed by atoms with van der Waals surface area (Å²) in [5.74, 6) is -0.616. The number of para-hydroxylation sites is 1. The van der Waals surface area contributed by atoms with E-state index in [0.29, 0.717) is 11.2 Å². The van der Waals surface area contributed by atoms with Crippen LogP contribution in [-0.4, -0.2) is 63.1 Å². The van der Waals surface area contributed by atoms with Crippen LogP contribution in [-0.2, 0) is 20.9 Å². The van der Waals surface area contributed by atoms with E-state index >= 15 is 0 Å². The standard InChI is InChI=1S/C29H28N6O5/c1-2-39-27(37)21-15-31-28(32-16-21)33-22-14-24(35(17-22)29(38)40-18-19-8-4-3-5-9-19)26(36)34-23-12-6-10-20-11-7-13-30-25(20)23/h3-13,15-16,22,24H,2,14,17-18H2,1H3,(H,34,36)(H,31,32,33)/t22-,24-/m0/s1. The number of likely N-dealkylation sites (tertiary alicyclic amines) is 1. The third kappa shape index (κ3) is 6.15. The number of hydrogen-bond donors (Lipinski definition) is 2. The Kier molecular flexibility index (Phi) is 8.10. The average Bonchev–Trinajstić information content (AvgIpc) is 3.41. The van der Waals surface area contributed by atoms with Gasteiger partial charge in [0.1, 0.15) is 12.6 Å². The molecule has 2 atom stereocenters. The highest BCUT2D eigenvalue weighted by molar-refractivity contribution is 6.03. The summed E-state index contributed by atoms with van der Waals surface area (Å²) < 4.78 is 10.5. The Hall–Kier alpha value is -5.06. The molecule has 1 saturated heterocycles. The lowest BCUT2D eigenvalue weighted by Crippen LogP contribution is -2.43. The number of aromatic nitrogens is 3. The molecule has 204 valence electrons. The number of benzene rings is 2. The fraction of sp³-hybridized carbons (Fsp3) is 0.241. The number of amides is 2. The maximum absolute atomic E-state index is 13.5. The van der Waals surface area contributed by atoms with Crippen molar-refractivity contribution in [1.29, 1.82) is 0 Å². The van der Waals surface area contributed by atoms with Crippen LogP contribution in [0.1, 0.15) is 29.3 Å².